The number of hydrogen-bond acceptors (Lipinski definition) is 6. The van der Waals surface area contributed by atoms with Gasteiger partial charge in [0.2, 0.25) is 0 Å². The van der Waals surface area contributed by atoms with Crippen LogP contribution >= 0.6 is 0 Å². The van der Waals surface area contributed by atoms with Gasteiger partial charge in [-0.3, -0.25) is 4.98 Å². The highest BCUT2D eigenvalue weighted by molar-refractivity contribution is 5.93. The summed E-state index contributed by atoms with van der Waals surface area (Å²) in [5.41, 5.74) is 10.6. The van der Waals surface area contributed by atoms with E-state index in [0.29, 0.717) is 23.9 Å². The fourth-order valence-corrected chi connectivity index (χ4v) is 2.89. The second kappa shape index (κ2) is 7.29. The van der Waals surface area contributed by atoms with Crippen LogP contribution < -0.4 is 16.4 Å². The Morgan fingerprint density at radius 2 is 1.70 bits per heavy atom. The quantitative estimate of drug-likeness (QED) is 0.495. The van der Waals surface area contributed by atoms with Crippen molar-refractivity contribution in [1.82, 2.24) is 15.0 Å². The van der Waals surface area contributed by atoms with E-state index in [1.165, 1.54) is 6.33 Å². The summed E-state index contributed by atoms with van der Waals surface area (Å²) < 4.78 is 0. The van der Waals surface area contributed by atoms with Crippen molar-refractivity contribution in [2.75, 3.05) is 16.4 Å². The first kappa shape index (κ1) is 16.8. The number of aryl methyl sites for hydroxylation is 1. The molecule has 0 spiro atoms. The fourth-order valence-electron chi connectivity index (χ4n) is 2.89. The topological polar surface area (TPSA) is 88.8 Å². The van der Waals surface area contributed by atoms with Gasteiger partial charge < -0.3 is 16.4 Å². The molecule has 0 aliphatic rings. The zero-order valence-electron chi connectivity index (χ0n) is 15.0. The van der Waals surface area contributed by atoms with Crippen LogP contribution in [-0.4, -0.2) is 15.0 Å². The summed E-state index contributed by atoms with van der Waals surface area (Å²) in [6.45, 7) is 2.61. The van der Waals surface area contributed by atoms with Crippen molar-refractivity contribution in [2.24, 2.45) is 0 Å². The summed E-state index contributed by atoms with van der Waals surface area (Å²) in [5, 5.41) is 7.63. The molecule has 2 aromatic heterocycles. The average Bonchev–Trinajstić information content (AvgIpc) is 2.70. The van der Waals surface area contributed by atoms with Gasteiger partial charge in [0.05, 0.1) is 11.2 Å². The van der Waals surface area contributed by atoms with E-state index >= 15 is 0 Å². The number of anilines is 4. The van der Waals surface area contributed by atoms with Gasteiger partial charge in [0.25, 0.3) is 0 Å². The van der Waals surface area contributed by atoms with Gasteiger partial charge in [-0.05, 0) is 24.6 Å². The van der Waals surface area contributed by atoms with E-state index in [2.05, 4.69) is 31.7 Å². The molecule has 0 bridgehead atoms. The molecule has 6 nitrogen and oxygen atoms in total. The Kier molecular flexibility index (Phi) is 4.53. The molecule has 0 radical (unpaired) electrons. The maximum atomic E-state index is 6.30. The second-order valence-corrected chi connectivity index (χ2v) is 6.28. The number of nitrogens with zero attached hydrogens (tertiary/aromatic N) is 3. The third kappa shape index (κ3) is 3.64. The van der Waals surface area contributed by atoms with Crippen LogP contribution in [0.2, 0.25) is 0 Å². The van der Waals surface area contributed by atoms with E-state index in [9.17, 15) is 0 Å². The van der Waals surface area contributed by atoms with Gasteiger partial charge >= 0.3 is 0 Å². The van der Waals surface area contributed by atoms with Crippen molar-refractivity contribution in [3.63, 3.8) is 0 Å². The Morgan fingerprint density at radius 3 is 2.56 bits per heavy atom. The molecule has 2 aromatic carbocycles. The summed E-state index contributed by atoms with van der Waals surface area (Å²) in [6.07, 6.45) is 1.50. The number of hydrogen-bond donors (Lipinski definition) is 3. The Labute approximate surface area is 157 Å². The molecule has 134 valence electrons. The van der Waals surface area contributed by atoms with Gasteiger partial charge in [0, 0.05) is 17.6 Å². The van der Waals surface area contributed by atoms with Gasteiger partial charge in [0.15, 0.2) is 11.6 Å². The summed E-state index contributed by atoms with van der Waals surface area (Å²) in [6, 6.07) is 20.1. The summed E-state index contributed by atoms with van der Waals surface area (Å²) in [5.74, 6) is 1.15. The third-order valence-electron chi connectivity index (χ3n) is 4.30. The van der Waals surface area contributed by atoms with E-state index < -0.39 is 0 Å². The van der Waals surface area contributed by atoms with Crippen LogP contribution in [0.5, 0.6) is 0 Å². The molecule has 0 aliphatic carbocycles. The zero-order valence-corrected chi connectivity index (χ0v) is 15.0. The zero-order chi connectivity index (χ0) is 18.6. The van der Waals surface area contributed by atoms with Crippen molar-refractivity contribution in [3.05, 3.63) is 78.2 Å². The Bertz CT molecular complexity index is 1080. The number of para-hydroxylation sites is 1. The Morgan fingerprint density at radius 1 is 0.889 bits per heavy atom. The minimum Gasteiger partial charge on any atom is -0.393 e. The minimum absolute atomic E-state index is 0.470. The first-order valence-corrected chi connectivity index (χ1v) is 8.72. The normalized spacial score (nSPS) is 10.7. The van der Waals surface area contributed by atoms with Gasteiger partial charge in [-0.25, -0.2) is 9.97 Å². The summed E-state index contributed by atoms with van der Waals surface area (Å²) >= 11 is 0. The monoisotopic (exact) mass is 356 g/mol. The molecule has 0 unspecified atom stereocenters. The number of rotatable bonds is 5. The number of nitrogen functional groups attached to an aromatic ring is 1. The number of benzene rings is 2. The van der Waals surface area contributed by atoms with E-state index in [0.717, 1.165) is 27.8 Å². The van der Waals surface area contributed by atoms with Crippen LogP contribution in [0, 0.1) is 6.92 Å². The lowest BCUT2D eigenvalue weighted by atomic mass is 10.1. The molecule has 2 heterocycles. The highest BCUT2D eigenvalue weighted by Crippen LogP contribution is 2.29. The molecule has 0 saturated carbocycles. The van der Waals surface area contributed by atoms with Gasteiger partial charge in [-0.1, -0.05) is 48.5 Å². The summed E-state index contributed by atoms with van der Waals surface area (Å²) in [4.78, 5) is 13.2. The molecule has 4 aromatic rings. The molecule has 0 atom stereocenters. The van der Waals surface area contributed by atoms with Gasteiger partial charge in [-0.15, -0.1) is 0 Å². The number of fused-ring (bicyclic) bond motifs is 1. The average molecular weight is 356 g/mol. The molecule has 4 N–H and O–H groups in total. The van der Waals surface area contributed by atoms with Crippen LogP contribution in [0.15, 0.2) is 67.0 Å². The highest BCUT2D eigenvalue weighted by Gasteiger charge is 2.10. The molecule has 0 amide bonds. The smallest absolute Gasteiger partial charge is 0.159 e. The second-order valence-electron chi connectivity index (χ2n) is 6.28. The van der Waals surface area contributed by atoms with Crippen LogP contribution in [0.3, 0.4) is 0 Å². The minimum atomic E-state index is 0.470. The van der Waals surface area contributed by atoms with E-state index in [4.69, 9.17) is 5.73 Å². The van der Waals surface area contributed by atoms with Crippen molar-refractivity contribution in [3.8, 4) is 0 Å². The van der Waals surface area contributed by atoms with E-state index in [1.54, 1.807) is 0 Å². The lowest BCUT2D eigenvalue weighted by molar-refractivity contribution is 1.09. The van der Waals surface area contributed by atoms with Crippen molar-refractivity contribution >= 4 is 33.9 Å². The number of nitrogens with one attached hydrogen (secondary N) is 2. The lowest BCUT2D eigenvalue weighted by Gasteiger charge is -2.14. The first-order valence-electron chi connectivity index (χ1n) is 8.72. The lowest BCUT2D eigenvalue weighted by Crippen LogP contribution is -2.08. The van der Waals surface area contributed by atoms with Crippen molar-refractivity contribution in [1.29, 1.82) is 0 Å². The molecular formula is C21H20N6. The third-order valence-corrected chi connectivity index (χ3v) is 4.30. The van der Waals surface area contributed by atoms with Crippen LogP contribution in [0.25, 0.3) is 10.9 Å². The highest BCUT2D eigenvalue weighted by atomic mass is 15.1. The molecule has 0 aliphatic heterocycles. The van der Waals surface area contributed by atoms with E-state index in [1.807, 2.05) is 61.5 Å². The molecule has 27 heavy (non-hydrogen) atoms. The molecule has 6 heteroatoms. The van der Waals surface area contributed by atoms with Gasteiger partial charge in [0.1, 0.15) is 12.0 Å². The number of nitrogens with two attached hydrogens (primary N) is 1. The predicted molar refractivity (Wildman–Crippen MR) is 110 cm³/mol. The maximum Gasteiger partial charge on any atom is 0.159 e. The largest absolute Gasteiger partial charge is 0.393 e. The standard InChI is InChI=1S/C21H20N6/c1-14-10-11-16-8-5-9-17(19(16)26-14)27-21-18(22)20(24-13-25-21)23-12-15-6-3-2-4-7-15/h2-11,13H,12,22H2,1H3,(H2,23,24,25,27). The Balaban J connectivity index is 1.61. The maximum absolute atomic E-state index is 6.30. The van der Waals surface area contributed by atoms with Crippen LogP contribution in [0.1, 0.15) is 11.3 Å². The molecule has 0 saturated heterocycles. The molecular weight excluding hydrogens is 336 g/mol. The van der Waals surface area contributed by atoms with Gasteiger partial charge in [-0.2, -0.15) is 0 Å². The SMILES string of the molecule is Cc1ccc2cccc(Nc3ncnc(NCc4ccccc4)c3N)c2n1. The molecule has 0 fully saturated rings. The predicted octanol–water partition coefficient (Wildman–Crippen LogP) is 4.27. The molecule has 4 rings (SSSR count). The van der Waals surface area contributed by atoms with E-state index in [-0.39, 0.29) is 0 Å². The fraction of sp³-hybridized carbons (Fsp3) is 0.0952. The first-order chi connectivity index (χ1) is 13.2. The number of pyridine rings is 1. The summed E-state index contributed by atoms with van der Waals surface area (Å²) in [7, 11) is 0. The van der Waals surface area contributed by atoms with Crippen LogP contribution in [0.4, 0.5) is 23.0 Å². The Hall–Kier alpha value is -3.67. The van der Waals surface area contributed by atoms with Crippen molar-refractivity contribution in [2.45, 2.75) is 13.5 Å². The number of aromatic nitrogens is 3. The van der Waals surface area contributed by atoms with Crippen molar-refractivity contribution < 1.29 is 0 Å². The van der Waals surface area contributed by atoms with Crippen LogP contribution in [-0.2, 0) is 6.54 Å².